The average molecular weight is 451 g/mol. The molecule has 0 bridgehead atoms. The van der Waals surface area contributed by atoms with Crippen LogP contribution in [0.25, 0.3) is 22.0 Å². The highest BCUT2D eigenvalue weighted by atomic mass is 35.5. The van der Waals surface area contributed by atoms with Crippen molar-refractivity contribution in [2.45, 2.75) is 39.5 Å². The van der Waals surface area contributed by atoms with Crippen molar-refractivity contribution in [2.75, 3.05) is 11.9 Å². The fourth-order valence-electron chi connectivity index (χ4n) is 3.24. The SMILES string of the molecule is Cc1cc(F)c(NC(=O)NCCCC(C)(F)F)cc1-c1cc2cnc(Cl)cc2nc1C. The summed E-state index contributed by atoms with van der Waals surface area (Å²) < 4.78 is 40.2. The van der Waals surface area contributed by atoms with Gasteiger partial charge in [-0.25, -0.2) is 22.9 Å². The number of alkyl halides is 2. The van der Waals surface area contributed by atoms with E-state index in [0.717, 1.165) is 17.9 Å². The zero-order valence-electron chi connectivity index (χ0n) is 17.3. The van der Waals surface area contributed by atoms with Gasteiger partial charge in [-0.05, 0) is 56.5 Å². The molecule has 9 heteroatoms. The number of fused-ring (bicyclic) bond motifs is 1. The van der Waals surface area contributed by atoms with Gasteiger partial charge in [-0.15, -0.1) is 0 Å². The first-order chi connectivity index (χ1) is 14.5. The van der Waals surface area contributed by atoms with E-state index in [2.05, 4.69) is 20.6 Å². The molecule has 0 saturated carbocycles. The van der Waals surface area contributed by atoms with Crippen LogP contribution in [0.3, 0.4) is 0 Å². The van der Waals surface area contributed by atoms with Crippen LogP contribution >= 0.6 is 11.6 Å². The number of urea groups is 1. The lowest BCUT2D eigenvalue weighted by molar-refractivity contribution is 0.0112. The third-order valence-corrected chi connectivity index (χ3v) is 4.99. The van der Waals surface area contributed by atoms with Crippen LogP contribution in [-0.2, 0) is 0 Å². The number of aromatic nitrogens is 2. The van der Waals surface area contributed by atoms with Gasteiger partial charge < -0.3 is 10.6 Å². The van der Waals surface area contributed by atoms with Crippen LogP contribution in [0.5, 0.6) is 0 Å². The van der Waals surface area contributed by atoms with E-state index in [0.29, 0.717) is 27.5 Å². The molecule has 5 nitrogen and oxygen atoms in total. The molecule has 0 aliphatic rings. The Morgan fingerprint density at radius 3 is 2.61 bits per heavy atom. The fourth-order valence-corrected chi connectivity index (χ4v) is 3.39. The molecule has 0 atom stereocenters. The van der Waals surface area contributed by atoms with Crippen LogP contribution in [0.2, 0.25) is 5.15 Å². The van der Waals surface area contributed by atoms with Gasteiger partial charge in [-0.1, -0.05) is 11.6 Å². The third kappa shape index (κ3) is 5.85. The number of anilines is 1. The average Bonchev–Trinajstić information content (AvgIpc) is 2.66. The van der Waals surface area contributed by atoms with E-state index in [1.165, 1.54) is 12.1 Å². The van der Waals surface area contributed by atoms with Gasteiger partial charge >= 0.3 is 6.03 Å². The molecule has 31 heavy (non-hydrogen) atoms. The summed E-state index contributed by atoms with van der Waals surface area (Å²) in [4.78, 5) is 20.7. The topological polar surface area (TPSA) is 66.9 Å². The van der Waals surface area contributed by atoms with E-state index >= 15 is 0 Å². The van der Waals surface area contributed by atoms with E-state index in [-0.39, 0.29) is 25.1 Å². The first kappa shape index (κ1) is 22.8. The molecule has 0 aliphatic heterocycles. The Balaban J connectivity index is 1.83. The van der Waals surface area contributed by atoms with E-state index in [9.17, 15) is 18.0 Å². The van der Waals surface area contributed by atoms with Crippen LogP contribution < -0.4 is 10.6 Å². The van der Waals surface area contributed by atoms with E-state index in [1.54, 1.807) is 19.2 Å². The Morgan fingerprint density at radius 2 is 1.90 bits per heavy atom. The van der Waals surface area contributed by atoms with Crippen molar-refractivity contribution in [3.8, 4) is 11.1 Å². The number of aryl methyl sites for hydroxylation is 2. The van der Waals surface area contributed by atoms with E-state index < -0.39 is 17.8 Å². The lowest BCUT2D eigenvalue weighted by Crippen LogP contribution is -2.30. The fraction of sp³-hybridized carbons (Fsp3) is 0.318. The molecule has 2 heterocycles. The summed E-state index contributed by atoms with van der Waals surface area (Å²) in [6, 6.07) is 5.74. The van der Waals surface area contributed by atoms with Crippen molar-refractivity contribution in [3.05, 3.63) is 52.7 Å². The summed E-state index contributed by atoms with van der Waals surface area (Å²) in [6.07, 6.45) is 1.38. The van der Waals surface area contributed by atoms with Crippen LogP contribution in [0, 0.1) is 19.7 Å². The second kappa shape index (κ2) is 9.09. The van der Waals surface area contributed by atoms with Crippen molar-refractivity contribution in [2.24, 2.45) is 0 Å². The highest BCUT2D eigenvalue weighted by Crippen LogP contribution is 2.32. The quantitative estimate of drug-likeness (QED) is 0.344. The molecule has 2 N–H and O–H groups in total. The third-order valence-electron chi connectivity index (χ3n) is 4.79. The standard InChI is InChI=1S/C22H22ClF3N4O/c1-12-7-17(24)19(30-21(31)27-6-4-5-22(3,25)26)9-15(12)16-8-14-11-28-20(23)10-18(14)29-13(16)2/h7-11H,4-6H2,1-3H3,(H2,27,30,31). The van der Waals surface area contributed by atoms with Crippen molar-refractivity contribution < 1.29 is 18.0 Å². The number of amides is 2. The number of halogens is 4. The number of hydrogen-bond acceptors (Lipinski definition) is 3. The summed E-state index contributed by atoms with van der Waals surface area (Å²) in [5, 5.41) is 6.02. The second-order valence-electron chi connectivity index (χ2n) is 7.52. The zero-order chi connectivity index (χ0) is 22.8. The molecular weight excluding hydrogens is 429 g/mol. The summed E-state index contributed by atoms with van der Waals surface area (Å²) in [7, 11) is 0. The van der Waals surface area contributed by atoms with Gasteiger partial charge in [-0.3, -0.25) is 4.98 Å². The Bertz CT molecular complexity index is 1130. The number of rotatable bonds is 6. The molecule has 164 valence electrons. The Kier molecular flexibility index (Phi) is 6.69. The van der Waals surface area contributed by atoms with Gasteiger partial charge in [0.25, 0.3) is 0 Å². The normalized spacial score (nSPS) is 11.6. The van der Waals surface area contributed by atoms with Gasteiger partial charge in [0.15, 0.2) is 0 Å². The van der Waals surface area contributed by atoms with Crippen LogP contribution in [0.1, 0.15) is 31.0 Å². The van der Waals surface area contributed by atoms with E-state index in [4.69, 9.17) is 11.6 Å². The lowest BCUT2D eigenvalue weighted by atomic mass is 9.97. The smallest absolute Gasteiger partial charge is 0.319 e. The van der Waals surface area contributed by atoms with Crippen molar-refractivity contribution >= 4 is 34.2 Å². The van der Waals surface area contributed by atoms with Gasteiger partial charge in [-0.2, -0.15) is 0 Å². The van der Waals surface area contributed by atoms with Gasteiger partial charge in [0.05, 0.1) is 11.2 Å². The maximum atomic E-state index is 14.5. The van der Waals surface area contributed by atoms with Crippen molar-refractivity contribution in [1.82, 2.24) is 15.3 Å². The molecule has 0 fully saturated rings. The maximum Gasteiger partial charge on any atom is 0.319 e. The molecule has 0 unspecified atom stereocenters. The van der Waals surface area contributed by atoms with Crippen LogP contribution in [0.4, 0.5) is 23.7 Å². The number of nitrogens with one attached hydrogen (secondary N) is 2. The first-order valence-electron chi connectivity index (χ1n) is 9.69. The Hall–Kier alpha value is -2.87. The molecule has 3 rings (SSSR count). The van der Waals surface area contributed by atoms with Crippen molar-refractivity contribution in [1.29, 1.82) is 0 Å². The molecular formula is C22H22ClF3N4O. The van der Waals surface area contributed by atoms with Crippen LogP contribution in [0.15, 0.2) is 30.5 Å². The minimum absolute atomic E-state index is 0.0207. The van der Waals surface area contributed by atoms with Gasteiger partial charge in [0.1, 0.15) is 11.0 Å². The number of nitrogens with zero attached hydrogens (tertiary/aromatic N) is 2. The van der Waals surface area contributed by atoms with Gasteiger partial charge in [0.2, 0.25) is 5.92 Å². The molecule has 3 aromatic rings. The second-order valence-corrected chi connectivity index (χ2v) is 7.91. The molecule has 0 spiro atoms. The van der Waals surface area contributed by atoms with Crippen LogP contribution in [-0.4, -0.2) is 28.5 Å². The number of carbonyl (C=O) groups excluding carboxylic acids is 1. The first-order valence-corrected chi connectivity index (χ1v) is 10.1. The molecule has 0 saturated heterocycles. The molecule has 0 radical (unpaired) electrons. The minimum Gasteiger partial charge on any atom is -0.338 e. The molecule has 2 aromatic heterocycles. The summed E-state index contributed by atoms with van der Waals surface area (Å²) in [5.41, 5.74) is 3.51. The predicted molar refractivity (Wildman–Crippen MR) is 116 cm³/mol. The van der Waals surface area contributed by atoms with Crippen molar-refractivity contribution in [3.63, 3.8) is 0 Å². The van der Waals surface area contributed by atoms with E-state index in [1.807, 2.05) is 13.0 Å². The predicted octanol–water partition coefficient (Wildman–Crippen LogP) is 6.26. The lowest BCUT2D eigenvalue weighted by Gasteiger charge is -2.15. The minimum atomic E-state index is -2.79. The largest absolute Gasteiger partial charge is 0.338 e. The Labute approximate surface area is 183 Å². The summed E-state index contributed by atoms with van der Waals surface area (Å²) in [5.74, 6) is -3.39. The highest BCUT2D eigenvalue weighted by molar-refractivity contribution is 6.30. The Morgan fingerprint density at radius 1 is 1.16 bits per heavy atom. The zero-order valence-corrected chi connectivity index (χ0v) is 18.1. The number of hydrogen-bond donors (Lipinski definition) is 2. The maximum absolute atomic E-state index is 14.5. The highest BCUT2D eigenvalue weighted by Gasteiger charge is 2.20. The summed E-state index contributed by atoms with van der Waals surface area (Å²) >= 11 is 5.93. The number of carbonyl (C=O) groups is 1. The summed E-state index contributed by atoms with van der Waals surface area (Å²) in [6.45, 7) is 4.47. The number of pyridine rings is 2. The monoisotopic (exact) mass is 450 g/mol. The van der Waals surface area contributed by atoms with Gasteiger partial charge in [0, 0.05) is 41.9 Å². The number of benzene rings is 1. The molecule has 0 aliphatic carbocycles. The molecule has 2 amide bonds. The molecule has 1 aromatic carbocycles.